The van der Waals surface area contributed by atoms with E-state index in [0.717, 1.165) is 17.6 Å². The predicted molar refractivity (Wildman–Crippen MR) is 72.2 cm³/mol. The van der Waals surface area contributed by atoms with Gasteiger partial charge in [-0.2, -0.15) is 0 Å². The highest BCUT2D eigenvalue weighted by atomic mass is 15.2. The lowest BCUT2D eigenvalue weighted by molar-refractivity contribution is 0.837. The number of aryl methyl sites for hydroxylation is 1. The summed E-state index contributed by atoms with van der Waals surface area (Å²) in [5.74, 6) is 0.527. The van der Waals surface area contributed by atoms with E-state index in [0.29, 0.717) is 5.95 Å². The van der Waals surface area contributed by atoms with Crippen LogP contribution in [0.3, 0.4) is 0 Å². The molecule has 0 saturated heterocycles. The number of hydrogen-bond donors (Lipinski definition) is 1. The molecule has 0 unspecified atom stereocenters. The van der Waals surface area contributed by atoms with E-state index in [1.807, 2.05) is 10.6 Å². The molecule has 4 heteroatoms. The maximum atomic E-state index is 5.96. The number of imidazole rings is 1. The fourth-order valence-corrected chi connectivity index (χ4v) is 2.16. The minimum Gasteiger partial charge on any atom is -0.369 e. The third-order valence-corrected chi connectivity index (χ3v) is 3.00. The monoisotopic (exact) mass is 238 g/mol. The highest BCUT2D eigenvalue weighted by Gasteiger charge is 2.08. The van der Waals surface area contributed by atoms with Crippen LogP contribution in [0, 0.1) is 6.92 Å². The molecule has 0 aliphatic rings. The quantitative estimate of drug-likeness (QED) is 0.745. The molecule has 0 atom stereocenters. The lowest BCUT2D eigenvalue weighted by atomic mass is 10.1. The predicted octanol–water partition coefficient (Wildman–Crippen LogP) is 2.37. The van der Waals surface area contributed by atoms with Gasteiger partial charge in [-0.15, -0.1) is 0 Å². The summed E-state index contributed by atoms with van der Waals surface area (Å²) in [4.78, 5) is 8.37. The van der Waals surface area contributed by atoms with Gasteiger partial charge in [-0.05, 0) is 18.6 Å². The Morgan fingerprint density at radius 1 is 1.28 bits per heavy atom. The number of aromatic nitrogens is 3. The number of hydrogen-bond acceptors (Lipinski definition) is 3. The lowest BCUT2D eigenvalue weighted by Gasteiger charge is -2.07. The van der Waals surface area contributed by atoms with Crippen molar-refractivity contribution in [1.29, 1.82) is 0 Å². The second-order valence-electron chi connectivity index (χ2n) is 4.41. The number of rotatable bonds is 2. The van der Waals surface area contributed by atoms with Gasteiger partial charge >= 0.3 is 0 Å². The topological polar surface area (TPSA) is 56.7 Å². The van der Waals surface area contributed by atoms with Gasteiger partial charge in [0.2, 0.25) is 5.95 Å². The van der Waals surface area contributed by atoms with Gasteiger partial charge in [0.15, 0.2) is 0 Å². The van der Waals surface area contributed by atoms with Crippen LogP contribution < -0.4 is 5.73 Å². The van der Waals surface area contributed by atoms with Gasteiger partial charge in [-0.1, -0.05) is 29.8 Å². The molecule has 0 bridgehead atoms. The Kier molecular flexibility index (Phi) is 2.48. The zero-order valence-corrected chi connectivity index (χ0v) is 10.2. The Hall–Kier alpha value is -2.36. The normalized spacial score (nSPS) is 10.9. The van der Waals surface area contributed by atoms with Crippen molar-refractivity contribution in [2.45, 2.75) is 13.5 Å². The summed E-state index contributed by atoms with van der Waals surface area (Å²) in [6.45, 7) is 2.82. The van der Waals surface area contributed by atoms with Crippen molar-refractivity contribution in [3.8, 4) is 0 Å². The van der Waals surface area contributed by atoms with E-state index in [2.05, 4.69) is 41.2 Å². The molecular formula is C14H14N4. The van der Waals surface area contributed by atoms with Gasteiger partial charge < -0.3 is 10.3 Å². The van der Waals surface area contributed by atoms with Crippen LogP contribution in [0.25, 0.3) is 11.0 Å². The van der Waals surface area contributed by atoms with Gasteiger partial charge in [0, 0.05) is 6.20 Å². The molecule has 0 fully saturated rings. The van der Waals surface area contributed by atoms with Crippen LogP contribution in [0.5, 0.6) is 0 Å². The number of nitrogens with zero attached hydrogens (tertiary/aromatic N) is 3. The largest absolute Gasteiger partial charge is 0.369 e. The van der Waals surface area contributed by atoms with E-state index in [1.54, 1.807) is 12.4 Å². The van der Waals surface area contributed by atoms with Gasteiger partial charge in [0.05, 0.1) is 18.3 Å². The van der Waals surface area contributed by atoms with Crippen molar-refractivity contribution in [2.24, 2.45) is 0 Å². The van der Waals surface area contributed by atoms with Crippen molar-refractivity contribution in [3.05, 3.63) is 53.9 Å². The molecule has 2 aromatic heterocycles. The first-order valence-electron chi connectivity index (χ1n) is 5.85. The SMILES string of the molecule is Cc1cccc(Cn2c(N)nc3cnccc32)c1. The number of pyridine rings is 1. The van der Waals surface area contributed by atoms with Crippen LogP contribution in [-0.4, -0.2) is 14.5 Å². The van der Waals surface area contributed by atoms with Crippen molar-refractivity contribution in [3.63, 3.8) is 0 Å². The average Bonchev–Trinajstić information content (AvgIpc) is 2.66. The van der Waals surface area contributed by atoms with E-state index >= 15 is 0 Å². The van der Waals surface area contributed by atoms with Crippen LogP contribution in [0.2, 0.25) is 0 Å². The van der Waals surface area contributed by atoms with Crippen LogP contribution in [0.4, 0.5) is 5.95 Å². The smallest absolute Gasteiger partial charge is 0.201 e. The number of anilines is 1. The van der Waals surface area contributed by atoms with Gasteiger partial charge in [0.25, 0.3) is 0 Å². The second-order valence-corrected chi connectivity index (χ2v) is 4.41. The Balaban J connectivity index is 2.07. The molecule has 2 heterocycles. The van der Waals surface area contributed by atoms with E-state index in [4.69, 9.17) is 5.73 Å². The average molecular weight is 238 g/mol. The van der Waals surface area contributed by atoms with Crippen LogP contribution in [0.1, 0.15) is 11.1 Å². The zero-order chi connectivity index (χ0) is 12.5. The molecule has 3 rings (SSSR count). The van der Waals surface area contributed by atoms with E-state index in [9.17, 15) is 0 Å². The zero-order valence-electron chi connectivity index (χ0n) is 10.2. The summed E-state index contributed by atoms with van der Waals surface area (Å²) in [5, 5.41) is 0. The highest BCUT2D eigenvalue weighted by Crippen LogP contribution is 2.18. The van der Waals surface area contributed by atoms with Gasteiger partial charge in [-0.3, -0.25) is 4.98 Å². The Bertz CT molecular complexity index is 700. The molecule has 0 aliphatic carbocycles. The summed E-state index contributed by atoms with van der Waals surface area (Å²) in [6, 6.07) is 10.3. The first kappa shape index (κ1) is 10.8. The van der Waals surface area contributed by atoms with Crippen molar-refractivity contribution in [2.75, 3.05) is 5.73 Å². The minimum atomic E-state index is 0.527. The van der Waals surface area contributed by atoms with Crippen molar-refractivity contribution < 1.29 is 0 Å². The maximum absolute atomic E-state index is 5.96. The van der Waals surface area contributed by atoms with Crippen LogP contribution >= 0.6 is 0 Å². The summed E-state index contributed by atoms with van der Waals surface area (Å²) in [7, 11) is 0. The number of benzene rings is 1. The van der Waals surface area contributed by atoms with Gasteiger partial charge in [-0.25, -0.2) is 4.98 Å². The molecule has 0 amide bonds. The Labute approximate surface area is 105 Å². The summed E-state index contributed by atoms with van der Waals surface area (Å²) in [6.07, 6.45) is 3.49. The molecule has 90 valence electrons. The maximum Gasteiger partial charge on any atom is 0.201 e. The molecule has 1 aromatic carbocycles. The van der Waals surface area contributed by atoms with Crippen LogP contribution in [-0.2, 0) is 6.54 Å². The van der Waals surface area contributed by atoms with E-state index in [1.165, 1.54) is 11.1 Å². The summed E-state index contributed by atoms with van der Waals surface area (Å²) in [5.41, 5.74) is 10.3. The molecule has 0 saturated carbocycles. The summed E-state index contributed by atoms with van der Waals surface area (Å²) >= 11 is 0. The standard InChI is InChI=1S/C14H14N4/c1-10-3-2-4-11(7-10)9-18-13-5-6-16-8-12(13)17-14(18)15/h2-8H,9H2,1H3,(H2,15,17). The lowest BCUT2D eigenvalue weighted by Crippen LogP contribution is -2.04. The second kappa shape index (κ2) is 4.14. The first-order chi connectivity index (χ1) is 8.74. The number of nitrogen functional groups attached to an aromatic ring is 1. The number of fused-ring (bicyclic) bond motifs is 1. The van der Waals surface area contributed by atoms with Gasteiger partial charge in [0.1, 0.15) is 5.52 Å². The minimum absolute atomic E-state index is 0.527. The molecule has 0 radical (unpaired) electrons. The molecule has 18 heavy (non-hydrogen) atoms. The molecule has 4 nitrogen and oxygen atoms in total. The van der Waals surface area contributed by atoms with Crippen molar-refractivity contribution in [1.82, 2.24) is 14.5 Å². The number of nitrogens with two attached hydrogens (primary N) is 1. The molecule has 0 aliphatic heterocycles. The Morgan fingerprint density at radius 2 is 2.17 bits per heavy atom. The third kappa shape index (κ3) is 1.82. The third-order valence-electron chi connectivity index (χ3n) is 3.00. The Morgan fingerprint density at radius 3 is 3.00 bits per heavy atom. The van der Waals surface area contributed by atoms with E-state index in [-0.39, 0.29) is 0 Å². The molecule has 0 spiro atoms. The molecule has 3 aromatic rings. The molecule has 2 N–H and O–H groups in total. The fraction of sp³-hybridized carbons (Fsp3) is 0.143. The first-order valence-corrected chi connectivity index (χ1v) is 5.85. The molecular weight excluding hydrogens is 224 g/mol. The van der Waals surface area contributed by atoms with Crippen molar-refractivity contribution >= 4 is 17.0 Å². The van der Waals surface area contributed by atoms with E-state index < -0.39 is 0 Å². The van der Waals surface area contributed by atoms with Crippen LogP contribution in [0.15, 0.2) is 42.7 Å². The summed E-state index contributed by atoms with van der Waals surface area (Å²) < 4.78 is 2.01. The fourth-order valence-electron chi connectivity index (χ4n) is 2.16. The highest BCUT2D eigenvalue weighted by molar-refractivity contribution is 5.77.